The molecule has 0 saturated carbocycles. The van der Waals surface area contributed by atoms with Gasteiger partial charge in [-0.25, -0.2) is 4.39 Å². The highest BCUT2D eigenvalue weighted by atomic mass is 35.5. The molecule has 24 heavy (non-hydrogen) atoms. The van der Waals surface area contributed by atoms with Crippen LogP contribution in [-0.2, 0) is 6.54 Å². The molecule has 0 amide bonds. The summed E-state index contributed by atoms with van der Waals surface area (Å²) in [6.45, 7) is 4.13. The molecule has 1 aliphatic rings. The SMILES string of the molecule is CNCCC1CCN(Cc2cc(-c3ccc(F)cc3)no2)CC1.Cl. The molecule has 1 fully saturated rings. The number of benzene rings is 1. The number of halogens is 2. The van der Waals surface area contributed by atoms with Gasteiger partial charge in [-0.1, -0.05) is 5.16 Å². The van der Waals surface area contributed by atoms with Crippen molar-refractivity contribution in [2.75, 3.05) is 26.7 Å². The monoisotopic (exact) mass is 353 g/mol. The average Bonchev–Trinajstić information content (AvgIpc) is 3.03. The Bertz CT molecular complexity index is 609. The molecule has 4 nitrogen and oxygen atoms in total. The van der Waals surface area contributed by atoms with Crippen LogP contribution in [0.4, 0.5) is 4.39 Å². The molecule has 0 unspecified atom stereocenters. The van der Waals surface area contributed by atoms with Crippen molar-refractivity contribution in [1.29, 1.82) is 0 Å². The summed E-state index contributed by atoms with van der Waals surface area (Å²) >= 11 is 0. The highest BCUT2D eigenvalue weighted by molar-refractivity contribution is 5.85. The zero-order valence-electron chi connectivity index (χ0n) is 14.0. The van der Waals surface area contributed by atoms with Gasteiger partial charge in [-0.15, -0.1) is 12.4 Å². The molecule has 132 valence electrons. The van der Waals surface area contributed by atoms with Gasteiger partial charge in [0, 0.05) is 11.6 Å². The first-order valence-electron chi connectivity index (χ1n) is 8.33. The van der Waals surface area contributed by atoms with E-state index in [0.717, 1.165) is 49.1 Å². The zero-order chi connectivity index (χ0) is 16.1. The van der Waals surface area contributed by atoms with Gasteiger partial charge in [-0.2, -0.15) is 0 Å². The molecule has 0 bridgehead atoms. The molecule has 0 spiro atoms. The van der Waals surface area contributed by atoms with Crippen LogP contribution >= 0.6 is 12.4 Å². The van der Waals surface area contributed by atoms with E-state index in [1.165, 1.54) is 31.4 Å². The molecule has 1 aliphatic heterocycles. The highest BCUT2D eigenvalue weighted by Gasteiger charge is 2.20. The largest absolute Gasteiger partial charge is 0.359 e. The zero-order valence-corrected chi connectivity index (χ0v) is 14.8. The molecule has 1 aromatic heterocycles. The molecule has 0 radical (unpaired) electrons. The van der Waals surface area contributed by atoms with Crippen molar-refractivity contribution in [2.24, 2.45) is 5.92 Å². The second-order valence-corrected chi connectivity index (χ2v) is 6.30. The van der Waals surface area contributed by atoms with Crippen molar-refractivity contribution in [3.05, 3.63) is 41.9 Å². The number of likely N-dealkylation sites (tertiary alicyclic amines) is 1. The Morgan fingerprint density at radius 2 is 1.96 bits per heavy atom. The lowest BCUT2D eigenvalue weighted by molar-refractivity contribution is 0.158. The van der Waals surface area contributed by atoms with Crippen LogP contribution in [0.25, 0.3) is 11.3 Å². The van der Waals surface area contributed by atoms with Crippen molar-refractivity contribution in [3.8, 4) is 11.3 Å². The maximum atomic E-state index is 13.0. The Labute approximate surface area is 148 Å². The topological polar surface area (TPSA) is 41.3 Å². The lowest BCUT2D eigenvalue weighted by Crippen LogP contribution is -2.33. The third kappa shape index (κ3) is 5.03. The summed E-state index contributed by atoms with van der Waals surface area (Å²) in [6.07, 6.45) is 3.77. The van der Waals surface area contributed by atoms with E-state index in [0.29, 0.717) is 0 Å². The fraction of sp³-hybridized carbons (Fsp3) is 0.500. The van der Waals surface area contributed by atoms with E-state index in [9.17, 15) is 4.39 Å². The van der Waals surface area contributed by atoms with Crippen molar-refractivity contribution in [1.82, 2.24) is 15.4 Å². The molecule has 1 saturated heterocycles. The Morgan fingerprint density at radius 1 is 1.25 bits per heavy atom. The van der Waals surface area contributed by atoms with E-state index in [1.807, 2.05) is 13.1 Å². The molecule has 3 rings (SSSR count). The first kappa shape index (κ1) is 18.9. The van der Waals surface area contributed by atoms with Crippen molar-refractivity contribution < 1.29 is 8.91 Å². The second-order valence-electron chi connectivity index (χ2n) is 6.30. The van der Waals surface area contributed by atoms with Crippen LogP contribution in [0, 0.1) is 11.7 Å². The van der Waals surface area contributed by atoms with Gasteiger partial charge in [0.2, 0.25) is 0 Å². The molecular weight excluding hydrogens is 329 g/mol. The maximum Gasteiger partial charge on any atom is 0.151 e. The summed E-state index contributed by atoms with van der Waals surface area (Å²) in [5.74, 6) is 1.47. The summed E-state index contributed by atoms with van der Waals surface area (Å²) in [4.78, 5) is 2.42. The number of hydrogen-bond donors (Lipinski definition) is 1. The predicted molar refractivity (Wildman–Crippen MR) is 95.7 cm³/mol. The summed E-state index contributed by atoms with van der Waals surface area (Å²) in [5.41, 5.74) is 1.65. The van der Waals surface area contributed by atoms with Gasteiger partial charge in [-0.3, -0.25) is 4.90 Å². The standard InChI is InChI=1S/C18H24FN3O.ClH/c1-20-9-6-14-7-10-22(11-8-14)13-17-12-18(21-23-17)15-2-4-16(19)5-3-15;/h2-5,12,14,20H,6-11,13H2,1H3;1H. The fourth-order valence-electron chi connectivity index (χ4n) is 3.15. The minimum atomic E-state index is -0.237. The normalized spacial score (nSPS) is 16.1. The Balaban J connectivity index is 0.00000208. The van der Waals surface area contributed by atoms with E-state index < -0.39 is 0 Å². The van der Waals surface area contributed by atoms with Crippen molar-refractivity contribution >= 4 is 12.4 Å². The maximum absolute atomic E-state index is 13.0. The highest BCUT2D eigenvalue weighted by Crippen LogP contribution is 2.23. The fourth-order valence-corrected chi connectivity index (χ4v) is 3.15. The number of hydrogen-bond acceptors (Lipinski definition) is 4. The van der Waals surface area contributed by atoms with Gasteiger partial charge in [0.05, 0.1) is 6.54 Å². The Kier molecular flexibility index (Phi) is 7.21. The van der Waals surface area contributed by atoms with Crippen LogP contribution < -0.4 is 5.32 Å². The van der Waals surface area contributed by atoms with Crippen molar-refractivity contribution in [2.45, 2.75) is 25.8 Å². The van der Waals surface area contributed by atoms with Crippen molar-refractivity contribution in [3.63, 3.8) is 0 Å². The van der Waals surface area contributed by atoms with E-state index in [1.54, 1.807) is 12.1 Å². The lowest BCUT2D eigenvalue weighted by atomic mass is 9.93. The Hall–Kier alpha value is -1.43. The molecule has 6 heteroatoms. The van der Waals surface area contributed by atoms with Crippen LogP contribution in [0.5, 0.6) is 0 Å². The minimum absolute atomic E-state index is 0. The molecule has 0 atom stereocenters. The molecule has 1 aromatic carbocycles. The molecule has 2 heterocycles. The van der Waals surface area contributed by atoms with Gasteiger partial charge in [0.15, 0.2) is 5.76 Å². The van der Waals surface area contributed by atoms with Gasteiger partial charge >= 0.3 is 0 Å². The number of nitrogens with zero attached hydrogens (tertiary/aromatic N) is 2. The summed E-state index contributed by atoms with van der Waals surface area (Å²) in [7, 11) is 2.01. The molecule has 0 aliphatic carbocycles. The predicted octanol–water partition coefficient (Wildman–Crippen LogP) is 3.72. The van der Waals surface area contributed by atoms with E-state index in [2.05, 4.69) is 15.4 Å². The van der Waals surface area contributed by atoms with E-state index in [-0.39, 0.29) is 18.2 Å². The number of aromatic nitrogens is 1. The van der Waals surface area contributed by atoms with Gasteiger partial charge in [0.25, 0.3) is 0 Å². The minimum Gasteiger partial charge on any atom is -0.359 e. The average molecular weight is 354 g/mol. The number of nitrogens with one attached hydrogen (secondary N) is 1. The second kappa shape index (κ2) is 9.16. The van der Waals surface area contributed by atoms with Gasteiger partial charge in [-0.05, 0) is 76.1 Å². The first-order chi connectivity index (χ1) is 11.2. The van der Waals surface area contributed by atoms with Crippen LogP contribution in [0.2, 0.25) is 0 Å². The number of piperidine rings is 1. The molecule has 1 N–H and O–H groups in total. The summed E-state index contributed by atoms with van der Waals surface area (Å²) < 4.78 is 18.4. The Morgan fingerprint density at radius 3 is 2.62 bits per heavy atom. The van der Waals surface area contributed by atoms with Crippen LogP contribution in [0.1, 0.15) is 25.0 Å². The van der Waals surface area contributed by atoms with Crippen LogP contribution in [-0.4, -0.2) is 36.7 Å². The van der Waals surface area contributed by atoms with E-state index >= 15 is 0 Å². The van der Waals surface area contributed by atoms with Gasteiger partial charge < -0.3 is 9.84 Å². The number of rotatable bonds is 6. The summed E-state index contributed by atoms with van der Waals surface area (Å²) in [5, 5.41) is 7.33. The third-order valence-corrected chi connectivity index (χ3v) is 4.59. The first-order valence-corrected chi connectivity index (χ1v) is 8.33. The third-order valence-electron chi connectivity index (χ3n) is 4.59. The van der Waals surface area contributed by atoms with E-state index in [4.69, 9.17) is 4.52 Å². The summed E-state index contributed by atoms with van der Waals surface area (Å²) in [6, 6.07) is 8.30. The van der Waals surface area contributed by atoms with Gasteiger partial charge in [0.1, 0.15) is 11.5 Å². The lowest BCUT2D eigenvalue weighted by Gasteiger charge is -2.31. The van der Waals surface area contributed by atoms with Crippen LogP contribution in [0.3, 0.4) is 0 Å². The molecule has 2 aromatic rings. The smallest absolute Gasteiger partial charge is 0.151 e. The molecular formula is C18H25ClFN3O. The quantitative estimate of drug-likeness (QED) is 0.859. The van der Waals surface area contributed by atoms with Crippen LogP contribution in [0.15, 0.2) is 34.9 Å².